The maximum absolute atomic E-state index is 12.4. The summed E-state index contributed by atoms with van der Waals surface area (Å²) in [5.74, 6) is -0.472. The molecule has 7 heteroatoms. The van der Waals surface area contributed by atoms with Crippen molar-refractivity contribution in [3.05, 3.63) is 65.2 Å². The van der Waals surface area contributed by atoms with Crippen LogP contribution < -0.4 is 5.32 Å². The monoisotopic (exact) mass is 374 g/mol. The van der Waals surface area contributed by atoms with Gasteiger partial charge in [-0.3, -0.25) is 9.59 Å². The van der Waals surface area contributed by atoms with Crippen LogP contribution in [0, 0.1) is 0 Å². The van der Waals surface area contributed by atoms with E-state index in [4.69, 9.17) is 0 Å². The number of hydrogen-bond donors (Lipinski definition) is 1. The summed E-state index contributed by atoms with van der Waals surface area (Å²) in [6.45, 7) is 1.94. The van der Waals surface area contributed by atoms with Gasteiger partial charge < -0.3 is 10.2 Å². The van der Waals surface area contributed by atoms with Crippen LogP contribution in [0.2, 0.25) is 0 Å². The average Bonchev–Trinajstić information content (AvgIpc) is 2.53. The van der Waals surface area contributed by atoms with Crippen molar-refractivity contribution in [3.8, 4) is 0 Å². The van der Waals surface area contributed by atoms with Gasteiger partial charge in [-0.05, 0) is 35.4 Å². The van der Waals surface area contributed by atoms with Gasteiger partial charge in [0.05, 0.1) is 5.75 Å². The highest BCUT2D eigenvalue weighted by Gasteiger charge is 2.10. The number of nitrogens with one attached hydrogen (secondary N) is 1. The largest absolute Gasteiger partial charge is 0.342 e. The molecule has 2 amide bonds. The molecular weight excluding hydrogens is 352 g/mol. The number of carbonyl (C=O) groups is 2. The van der Waals surface area contributed by atoms with Crippen molar-refractivity contribution in [2.75, 3.05) is 18.6 Å². The number of rotatable bonds is 6. The zero-order valence-electron chi connectivity index (χ0n) is 15.0. The van der Waals surface area contributed by atoms with Gasteiger partial charge in [0.2, 0.25) is 5.91 Å². The third-order valence-electron chi connectivity index (χ3n) is 3.76. The van der Waals surface area contributed by atoms with E-state index in [-0.39, 0.29) is 17.6 Å². The predicted octanol–water partition coefficient (Wildman–Crippen LogP) is 2.46. The molecule has 0 bridgehead atoms. The first-order valence-corrected chi connectivity index (χ1v) is 10.1. The van der Waals surface area contributed by atoms with Crippen LogP contribution in [-0.2, 0) is 26.9 Å². The van der Waals surface area contributed by atoms with E-state index in [9.17, 15) is 18.0 Å². The number of nitrogens with zero attached hydrogens (tertiary/aromatic N) is 1. The Kier molecular flexibility index (Phi) is 6.15. The van der Waals surface area contributed by atoms with Crippen LogP contribution in [0.5, 0.6) is 0 Å². The van der Waals surface area contributed by atoms with Gasteiger partial charge in [-0.1, -0.05) is 24.3 Å². The number of anilines is 1. The molecule has 0 heterocycles. The molecule has 0 aliphatic carbocycles. The van der Waals surface area contributed by atoms with Crippen LogP contribution >= 0.6 is 0 Å². The highest BCUT2D eigenvalue weighted by molar-refractivity contribution is 7.89. The van der Waals surface area contributed by atoms with Crippen molar-refractivity contribution >= 4 is 27.3 Å². The first-order valence-electron chi connectivity index (χ1n) is 8.03. The zero-order valence-corrected chi connectivity index (χ0v) is 15.8. The molecule has 0 aromatic heterocycles. The van der Waals surface area contributed by atoms with Crippen molar-refractivity contribution in [2.45, 2.75) is 19.2 Å². The number of hydrogen-bond acceptors (Lipinski definition) is 4. The Labute approximate surface area is 153 Å². The second-order valence-corrected chi connectivity index (χ2v) is 8.44. The van der Waals surface area contributed by atoms with E-state index in [1.165, 1.54) is 6.92 Å². The topological polar surface area (TPSA) is 83.6 Å². The molecule has 2 aromatic carbocycles. The SMILES string of the molecule is CC(=O)N(C)Cc1cccc(NC(=O)c2cccc(CS(C)(=O)=O)c2)c1. The quantitative estimate of drug-likeness (QED) is 0.842. The average molecular weight is 374 g/mol. The predicted molar refractivity (Wildman–Crippen MR) is 102 cm³/mol. The van der Waals surface area contributed by atoms with E-state index in [1.807, 2.05) is 6.07 Å². The van der Waals surface area contributed by atoms with Gasteiger partial charge in [0.15, 0.2) is 9.84 Å². The second-order valence-electron chi connectivity index (χ2n) is 6.30. The summed E-state index contributed by atoms with van der Waals surface area (Å²) >= 11 is 0. The maximum Gasteiger partial charge on any atom is 0.255 e. The lowest BCUT2D eigenvalue weighted by molar-refractivity contribution is -0.128. The van der Waals surface area contributed by atoms with Gasteiger partial charge in [-0.2, -0.15) is 0 Å². The molecule has 0 radical (unpaired) electrons. The van der Waals surface area contributed by atoms with E-state index in [1.54, 1.807) is 54.4 Å². The summed E-state index contributed by atoms with van der Waals surface area (Å²) in [7, 11) is -1.46. The van der Waals surface area contributed by atoms with E-state index in [2.05, 4.69) is 5.32 Å². The molecule has 0 saturated carbocycles. The van der Waals surface area contributed by atoms with E-state index in [0.29, 0.717) is 23.4 Å². The fraction of sp³-hybridized carbons (Fsp3) is 0.263. The number of sulfone groups is 1. The van der Waals surface area contributed by atoms with Crippen molar-refractivity contribution < 1.29 is 18.0 Å². The fourth-order valence-corrected chi connectivity index (χ4v) is 3.23. The van der Waals surface area contributed by atoms with Gasteiger partial charge in [-0.25, -0.2) is 8.42 Å². The highest BCUT2D eigenvalue weighted by Crippen LogP contribution is 2.15. The third kappa shape index (κ3) is 6.00. The normalized spacial score (nSPS) is 11.0. The number of carbonyl (C=O) groups excluding carboxylic acids is 2. The minimum Gasteiger partial charge on any atom is -0.342 e. The summed E-state index contributed by atoms with van der Waals surface area (Å²) in [6.07, 6.45) is 1.16. The molecule has 0 unspecified atom stereocenters. The molecule has 0 spiro atoms. The molecule has 138 valence electrons. The van der Waals surface area contributed by atoms with Crippen LogP contribution in [0.15, 0.2) is 48.5 Å². The summed E-state index contributed by atoms with van der Waals surface area (Å²) in [4.78, 5) is 25.4. The van der Waals surface area contributed by atoms with E-state index < -0.39 is 9.84 Å². The van der Waals surface area contributed by atoms with Gasteiger partial charge in [0.1, 0.15) is 0 Å². The lowest BCUT2D eigenvalue weighted by Gasteiger charge is -2.15. The van der Waals surface area contributed by atoms with E-state index in [0.717, 1.165) is 11.8 Å². The lowest BCUT2D eigenvalue weighted by Crippen LogP contribution is -2.23. The maximum atomic E-state index is 12.4. The van der Waals surface area contributed by atoms with Crippen molar-refractivity contribution in [1.82, 2.24) is 4.90 Å². The Morgan fingerprint density at radius 2 is 1.69 bits per heavy atom. The fourth-order valence-electron chi connectivity index (χ4n) is 2.44. The molecule has 6 nitrogen and oxygen atoms in total. The number of amides is 2. The molecule has 0 aliphatic rings. The van der Waals surface area contributed by atoms with Crippen LogP contribution in [0.4, 0.5) is 5.69 Å². The smallest absolute Gasteiger partial charge is 0.255 e. The zero-order chi connectivity index (χ0) is 19.3. The summed E-state index contributed by atoms with van der Waals surface area (Å²) in [5.41, 5.74) is 2.46. The van der Waals surface area contributed by atoms with Crippen LogP contribution in [0.3, 0.4) is 0 Å². The standard InChI is InChI=1S/C19H22N2O4S/c1-14(22)21(2)12-15-6-5-9-18(11-15)20-19(23)17-8-4-7-16(10-17)13-26(3,24)25/h4-11H,12-13H2,1-3H3,(H,20,23). The molecule has 1 N–H and O–H groups in total. The van der Waals surface area contributed by atoms with Crippen LogP contribution in [-0.4, -0.2) is 38.4 Å². The lowest BCUT2D eigenvalue weighted by atomic mass is 10.1. The molecule has 26 heavy (non-hydrogen) atoms. The van der Waals surface area contributed by atoms with E-state index >= 15 is 0 Å². The molecule has 0 fully saturated rings. The van der Waals surface area contributed by atoms with Gasteiger partial charge in [0.25, 0.3) is 5.91 Å². The molecule has 0 saturated heterocycles. The third-order valence-corrected chi connectivity index (χ3v) is 4.62. The van der Waals surface area contributed by atoms with Gasteiger partial charge in [-0.15, -0.1) is 0 Å². The summed E-state index contributed by atoms with van der Waals surface area (Å²) < 4.78 is 22.8. The van der Waals surface area contributed by atoms with Crippen molar-refractivity contribution in [1.29, 1.82) is 0 Å². The Hall–Kier alpha value is -2.67. The van der Waals surface area contributed by atoms with Gasteiger partial charge >= 0.3 is 0 Å². The molecule has 0 aliphatic heterocycles. The summed E-state index contributed by atoms with van der Waals surface area (Å²) in [5, 5.41) is 2.80. The summed E-state index contributed by atoms with van der Waals surface area (Å²) in [6, 6.07) is 13.8. The number of benzene rings is 2. The minimum atomic E-state index is -3.17. The Balaban J connectivity index is 2.12. The van der Waals surface area contributed by atoms with Crippen LogP contribution in [0.1, 0.15) is 28.4 Å². The molecule has 0 atom stereocenters. The van der Waals surface area contributed by atoms with Crippen molar-refractivity contribution in [2.24, 2.45) is 0 Å². The highest BCUT2D eigenvalue weighted by atomic mass is 32.2. The first kappa shape index (κ1) is 19.7. The molecule has 2 aromatic rings. The van der Waals surface area contributed by atoms with Crippen LogP contribution in [0.25, 0.3) is 0 Å². The second kappa shape index (κ2) is 8.14. The minimum absolute atomic E-state index is 0.0397. The molecule has 2 rings (SSSR count). The molecular formula is C19H22N2O4S. The Bertz CT molecular complexity index is 923. The Morgan fingerprint density at radius 1 is 1.04 bits per heavy atom. The van der Waals surface area contributed by atoms with Gasteiger partial charge in [0, 0.05) is 38.0 Å². The Morgan fingerprint density at radius 3 is 2.35 bits per heavy atom. The van der Waals surface area contributed by atoms with Crippen molar-refractivity contribution in [3.63, 3.8) is 0 Å². The first-order chi connectivity index (χ1) is 12.1.